The Morgan fingerprint density at radius 3 is 2.77 bits per heavy atom. The van der Waals surface area contributed by atoms with Crippen molar-refractivity contribution in [3.05, 3.63) is 58.6 Å². The van der Waals surface area contributed by atoms with Gasteiger partial charge in [0, 0.05) is 5.56 Å². The van der Waals surface area contributed by atoms with Crippen LogP contribution in [0, 0.1) is 0 Å². The van der Waals surface area contributed by atoms with Crippen LogP contribution in [-0.2, 0) is 0 Å². The van der Waals surface area contributed by atoms with Crippen LogP contribution in [0.1, 0.15) is 22.8 Å². The van der Waals surface area contributed by atoms with Crippen molar-refractivity contribution in [2.45, 2.75) is 6.92 Å². The van der Waals surface area contributed by atoms with Gasteiger partial charge in [-0.25, -0.2) is 5.43 Å². The fraction of sp³-hybridized carbons (Fsp3) is 0.125. The van der Waals surface area contributed by atoms with Gasteiger partial charge >= 0.3 is 0 Å². The molecular formula is C16H15ClN2O3. The molecule has 1 amide bonds. The van der Waals surface area contributed by atoms with Gasteiger partial charge in [-0.2, -0.15) is 5.10 Å². The first-order valence-electron chi connectivity index (χ1n) is 6.65. The Labute approximate surface area is 133 Å². The number of carbonyl (C=O) groups is 1. The Morgan fingerprint density at radius 1 is 1.36 bits per heavy atom. The number of rotatable bonds is 5. The zero-order chi connectivity index (χ0) is 15.9. The van der Waals surface area contributed by atoms with Crippen molar-refractivity contribution in [1.82, 2.24) is 5.43 Å². The van der Waals surface area contributed by atoms with E-state index >= 15 is 0 Å². The lowest BCUT2D eigenvalue weighted by Crippen LogP contribution is -2.17. The number of hydrogen-bond donors (Lipinski definition) is 2. The lowest BCUT2D eigenvalue weighted by atomic mass is 10.2. The minimum Gasteiger partial charge on any atom is -0.503 e. The van der Waals surface area contributed by atoms with Crippen molar-refractivity contribution in [1.29, 1.82) is 0 Å². The summed E-state index contributed by atoms with van der Waals surface area (Å²) in [6, 6.07) is 11.9. The van der Waals surface area contributed by atoms with E-state index < -0.39 is 0 Å². The number of phenols is 1. The van der Waals surface area contributed by atoms with Crippen LogP contribution in [0.4, 0.5) is 0 Å². The molecule has 0 unspecified atom stereocenters. The second-order valence-corrected chi connectivity index (χ2v) is 4.75. The van der Waals surface area contributed by atoms with Gasteiger partial charge in [-0.3, -0.25) is 4.79 Å². The standard InChI is InChI=1S/C16H15ClN2O3/c1-2-22-14-9-11(8-13(17)15(14)20)10-18-19-16(21)12-6-4-3-5-7-12/h3-10,20H,2H2,1H3,(H,19,21)/b18-10-. The molecule has 0 heterocycles. The number of nitrogens with zero attached hydrogens (tertiary/aromatic N) is 1. The summed E-state index contributed by atoms with van der Waals surface area (Å²) < 4.78 is 5.27. The molecule has 22 heavy (non-hydrogen) atoms. The van der Waals surface area contributed by atoms with Crippen molar-refractivity contribution in [2.75, 3.05) is 6.61 Å². The van der Waals surface area contributed by atoms with E-state index in [9.17, 15) is 9.90 Å². The van der Waals surface area contributed by atoms with E-state index in [2.05, 4.69) is 10.5 Å². The summed E-state index contributed by atoms with van der Waals surface area (Å²) in [6.45, 7) is 2.20. The summed E-state index contributed by atoms with van der Waals surface area (Å²) in [6.07, 6.45) is 1.43. The molecule has 0 spiro atoms. The molecule has 0 saturated heterocycles. The largest absolute Gasteiger partial charge is 0.503 e. The summed E-state index contributed by atoms with van der Waals surface area (Å²) in [5.41, 5.74) is 3.53. The predicted molar refractivity (Wildman–Crippen MR) is 85.8 cm³/mol. The van der Waals surface area contributed by atoms with E-state index in [0.717, 1.165) is 0 Å². The van der Waals surface area contributed by atoms with Crippen molar-refractivity contribution in [3.63, 3.8) is 0 Å². The number of nitrogens with one attached hydrogen (secondary N) is 1. The van der Waals surface area contributed by atoms with Crippen LogP contribution in [0.5, 0.6) is 11.5 Å². The summed E-state index contributed by atoms with van der Waals surface area (Å²) in [5.74, 6) is -0.161. The quantitative estimate of drug-likeness (QED) is 0.657. The molecule has 0 fully saturated rings. The number of ether oxygens (including phenoxy) is 1. The molecule has 0 atom stereocenters. The van der Waals surface area contributed by atoms with Crippen molar-refractivity contribution in [2.24, 2.45) is 5.10 Å². The predicted octanol–water partition coefficient (Wildman–Crippen LogP) is 3.21. The van der Waals surface area contributed by atoms with Gasteiger partial charge in [-0.15, -0.1) is 0 Å². The molecule has 2 aromatic rings. The molecule has 5 nitrogen and oxygen atoms in total. The molecule has 6 heteroatoms. The number of carbonyl (C=O) groups excluding carboxylic acids is 1. The highest BCUT2D eigenvalue weighted by Crippen LogP contribution is 2.34. The molecule has 0 aliphatic carbocycles. The number of hydrogen-bond acceptors (Lipinski definition) is 4. The van der Waals surface area contributed by atoms with Crippen molar-refractivity contribution < 1.29 is 14.6 Å². The fourth-order valence-electron chi connectivity index (χ4n) is 1.75. The summed E-state index contributed by atoms with van der Waals surface area (Å²) in [4.78, 5) is 11.8. The second-order valence-electron chi connectivity index (χ2n) is 4.35. The summed E-state index contributed by atoms with van der Waals surface area (Å²) in [5, 5.41) is 13.8. The number of halogens is 1. The number of benzene rings is 2. The van der Waals surface area contributed by atoms with Gasteiger partial charge in [-0.05, 0) is 36.8 Å². The fourth-order valence-corrected chi connectivity index (χ4v) is 1.97. The third-order valence-corrected chi connectivity index (χ3v) is 3.05. The third-order valence-electron chi connectivity index (χ3n) is 2.77. The summed E-state index contributed by atoms with van der Waals surface area (Å²) >= 11 is 5.91. The van der Waals surface area contributed by atoms with Crippen molar-refractivity contribution in [3.8, 4) is 11.5 Å². The van der Waals surface area contributed by atoms with Gasteiger partial charge in [0.1, 0.15) is 0 Å². The van der Waals surface area contributed by atoms with Gasteiger partial charge in [0.2, 0.25) is 0 Å². The number of amides is 1. The van der Waals surface area contributed by atoms with Crippen LogP contribution in [-0.4, -0.2) is 23.8 Å². The van der Waals surface area contributed by atoms with Gasteiger partial charge in [0.05, 0.1) is 17.8 Å². The van der Waals surface area contributed by atoms with Gasteiger partial charge < -0.3 is 9.84 Å². The van der Waals surface area contributed by atoms with E-state index in [4.69, 9.17) is 16.3 Å². The molecule has 2 N–H and O–H groups in total. The lowest BCUT2D eigenvalue weighted by Gasteiger charge is -2.08. The third kappa shape index (κ3) is 3.99. The molecule has 0 aromatic heterocycles. The van der Waals surface area contributed by atoms with Gasteiger partial charge in [0.15, 0.2) is 11.5 Å². The van der Waals surface area contributed by atoms with Crippen LogP contribution in [0.2, 0.25) is 5.02 Å². The zero-order valence-electron chi connectivity index (χ0n) is 11.9. The molecule has 0 bridgehead atoms. The molecule has 2 aromatic carbocycles. The molecule has 0 aliphatic heterocycles. The SMILES string of the molecule is CCOc1cc(/C=N\NC(=O)c2ccccc2)cc(Cl)c1O. The molecule has 2 rings (SSSR count). The Morgan fingerprint density at radius 2 is 2.09 bits per heavy atom. The van der Waals surface area contributed by atoms with E-state index in [0.29, 0.717) is 17.7 Å². The Kier molecular flexibility index (Phi) is 5.38. The van der Waals surface area contributed by atoms with Crippen LogP contribution in [0.25, 0.3) is 0 Å². The van der Waals surface area contributed by atoms with Crippen LogP contribution < -0.4 is 10.2 Å². The number of phenolic OH excluding ortho intramolecular Hbond substituents is 1. The highest BCUT2D eigenvalue weighted by Gasteiger charge is 2.08. The topological polar surface area (TPSA) is 70.9 Å². The maximum absolute atomic E-state index is 11.8. The minimum absolute atomic E-state index is 0.117. The van der Waals surface area contributed by atoms with Crippen LogP contribution in [0.3, 0.4) is 0 Å². The van der Waals surface area contributed by atoms with E-state index in [1.807, 2.05) is 6.07 Å². The first-order valence-corrected chi connectivity index (χ1v) is 7.03. The van der Waals surface area contributed by atoms with Crippen LogP contribution >= 0.6 is 11.6 Å². The first-order chi connectivity index (χ1) is 10.6. The highest BCUT2D eigenvalue weighted by molar-refractivity contribution is 6.32. The number of hydrazone groups is 1. The molecule has 114 valence electrons. The van der Waals surface area contributed by atoms with E-state index in [1.165, 1.54) is 12.3 Å². The van der Waals surface area contributed by atoms with Gasteiger partial charge in [0.25, 0.3) is 5.91 Å². The lowest BCUT2D eigenvalue weighted by molar-refractivity contribution is 0.0955. The normalized spacial score (nSPS) is 10.6. The smallest absolute Gasteiger partial charge is 0.271 e. The maximum atomic E-state index is 11.8. The molecule has 0 radical (unpaired) electrons. The molecular weight excluding hydrogens is 304 g/mol. The number of aromatic hydroxyl groups is 1. The zero-order valence-corrected chi connectivity index (χ0v) is 12.7. The molecule has 0 aliphatic rings. The molecule has 0 saturated carbocycles. The van der Waals surface area contributed by atoms with E-state index in [-0.39, 0.29) is 22.4 Å². The minimum atomic E-state index is -0.313. The average molecular weight is 319 g/mol. The Bertz CT molecular complexity index is 687. The van der Waals surface area contributed by atoms with Crippen LogP contribution in [0.15, 0.2) is 47.6 Å². The Balaban J connectivity index is 2.09. The first kappa shape index (κ1) is 15.9. The summed E-state index contributed by atoms with van der Waals surface area (Å²) in [7, 11) is 0. The van der Waals surface area contributed by atoms with E-state index in [1.54, 1.807) is 37.3 Å². The monoisotopic (exact) mass is 318 g/mol. The van der Waals surface area contributed by atoms with Crippen molar-refractivity contribution >= 4 is 23.7 Å². The second kappa shape index (κ2) is 7.47. The van der Waals surface area contributed by atoms with Gasteiger partial charge in [-0.1, -0.05) is 29.8 Å². The maximum Gasteiger partial charge on any atom is 0.271 e. The highest BCUT2D eigenvalue weighted by atomic mass is 35.5. The average Bonchev–Trinajstić information content (AvgIpc) is 2.53. The Hall–Kier alpha value is -2.53.